The number of rotatable bonds is 4. The van der Waals surface area contributed by atoms with Crippen molar-refractivity contribution in [2.24, 2.45) is 5.10 Å². The van der Waals surface area contributed by atoms with Crippen molar-refractivity contribution in [3.8, 4) is 6.07 Å². The first-order valence-corrected chi connectivity index (χ1v) is 8.09. The van der Waals surface area contributed by atoms with Crippen molar-refractivity contribution in [1.29, 1.82) is 5.26 Å². The maximum atomic E-state index is 12.0. The molecule has 1 N–H and O–H groups in total. The largest absolute Gasteiger partial charge is 0.276 e. The summed E-state index contributed by atoms with van der Waals surface area (Å²) >= 11 is 3.24. The summed E-state index contributed by atoms with van der Waals surface area (Å²) in [6, 6.07) is 14.8. The van der Waals surface area contributed by atoms with E-state index < -0.39 is 10.0 Å². The molecule has 0 aliphatic carbocycles. The molecule has 7 heteroatoms. The fourth-order valence-corrected chi connectivity index (χ4v) is 2.54. The number of nitriles is 1. The van der Waals surface area contributed by atoms with Crippen LogP contribution in [0.15, 0.2) is 63.0 Å². The van der Waals surface area contributed by atoms with Crippen molar-refractivity contribution in [3.63, 3.8) is 0 Å². The molecule has 5 nitrogen and oxygen atoms in total. The van der Waals surface area contributed by atoms with E-state index in [1.54, 1.807) is 36.4 Å². The van der Waals surface area contributed by atoms with Crippen LogP contribution in [0.1, 0.15) is 11.1 Å². The highest BCUT2D eigenvalue weighted by Crippen LogP contribution is 2.14. The lowest BCUT2D eigenvalue weighted by Crippen LogP contribution is -2.18. The van der Waals surface area contributed by atoms with Crippen molar-refractivity contribution in [2.75, 3.05) is 0 Å². The Bertz CT molecular complexity index is 792. The van der Waals surface area contributed by atoms with Gasteiger partial charge in [-0.3, -0.25) is 0 Å². The summed E-state index contributed by atoms with van der Waals surface area (Å²) in [7, 11) is -3.68. The standard InChI is InChI=1S/C14H10BrN3O2S/c15-13-5-7-14(8-6-13)21(19,20)18-17-10-12-3-1-11(9-16)2-4-12/h1-8,10,18H. The van der Waals surface area contributed by atoms with Gasteiger partial charge in [-0.2, -0.15) is 18.8 Å². The summed E-state index contributed by atoms with van der Waals surface area (Å²) in [6.45, 7) is 0. The predicted molar refractivity (Wildman–Crippen MR) is 83.2 cm³/mol. The second kappa shape index (κ2) is 6.52. The second-order valence-corrected chi connectivity index (χ2v) is 6.62. The van der Waals surface area contributed by atoms with Crippen molar-refractivity contribution in [1.82, 2.24) is 4.83 Å². The molecule has 0 atom stereocenters. The Balaban J connectivity index is 2.09. The van der Waals surface area contributed by atoms with Crippen LogP contribution in [0.25, 0.3) is 0 Å². The Hall–Kier alpha value is -2.17. The minimum Gasteiger partial charge on any atom is -0.200 e. The molecule has 2 rings (SSSR count). The van der Waals surface area contributed by atoms with Crippen LogP contribution in [0.5, 0.6) is 0 Å². The fourth-order valence-electron chi connectivity index (χ4n) is 1.48. The maximum absolute atomic E-state index is 12.0. The van der Waals surface area contributed by atoms with E-state index in [0.29, 0.717) is 11.1 Å². The normalized spacial score (nSPS) is 11.2. The lowest BCUT2D eigenvalue weighted by Gasteiger charge is -2.03. The smallest absolute Gasteiger partial charge is 0.200 e. The molecule has 0 radical (unpaired) electrons. The van der Waals surface area contributed by atoms with Gasteiger partial charge >= 0.3 is 0 Å². The number of nitrogens with zero attached hydrogens (tertiary/aromatic N) is 2. The fraction of sp³-hybridized carbons (Fsp3) is 0. The van der Waals surface area contributed by atoms with Gasteiger partial charge in [0.05, 0.1) is 22.7 Å². The molecular formula is C14H10BrN3O2S. The van der Waals surface area contributed by atoms with Crippen molar-refractivity contribution >= 4 is 32.2 Å². The summed E-state index contributed by atoms with van der Waals surface area (Å²) in [4.78, 5) is 2.26. The van der Waals surface area contributed by atoms with Crippen LogP contribution in [0.2, 0.25) is 0 Å². The van der Waals surface area contributed by atoms with Gasteiger partial charge in [0, 0.05) is 4.47 Å². The van der Waals surface area contributed by atoms with E-state index in [0.717, 1.165) is 4.47 Å². The van der Waals surface area contributed by atoms with E-state index in [1.807, 2.05) is 6.07 Å². The van der Waals surface area contributed by atoms with E-state index in [1.165, 1.54) is 18.3 Å². The Morgan fingerprint density at radius 1 is 1.10 bits per heavy atom. The molecule has 0 unspecified atom stereocenters. The highest BCUT2D eigenvalue weighted by molar-refractivity contribution is 9.10. The van der Waals surface area contributed by atoms with Gasteiger partial charge in [-0.1, -0.05) is 28.1 Å². The van der Waals surface area contributed by atoms with Crippen LogP contribution >= 0.6 is 15.9 Å². The molecule has 0 bridgehead atoms. The van der Waals surface area contributed by atoms with E-state index in [-0.39, 0.29) is 4.90 Å². The average Bonchev–Trinajstić information content (AvgIpc) is 2.48. The second-order valence-electron chi connectivity index (χ2n) is 4.04. The SMILES string of the molecule is N#Cc1ccc(C=NNS(=O)(=O)c2ccc(Br)cc2)cc1. The van der Waals surface area contributed by atoms with Gasteiger partial charge in [-0.05, 0) is 42.0 Å². The van der Waals surface area contributed by atoms with Crippen LogP contribution < -0.4 is 4.83 Å². The number of nitrogens with one attached hydrogen (secondary N) is 1. The van der Waals surface area contributed by atoms with Gasteiger partial charge in [0.25, 0.3) is 10.0 Å². The highest BCUT2D eigenvalue weighted by atomic mass is 79.9. The Morgan fingerprint density at radius 3 is 2.29 bits per heavy atom. The zero-order valence-corrected chi connectivity index (χ0v) is 13.1. The van der Waals surface area contributed by atoms with Crippen LogP contribution in [-0.4, -0.2) is 14.6 Å². The number of hydrazone groups is 1. The topological polar surface area (TPSA) is 82.3 Å². The molecule has 106 valence electrons. The quantitative estimate of drug-likeness (QED) is 0.669. The molecule has 0 fully saturated rings. The van der Waals surface area contributed by atoms with Gasteiger partial charge in [-0.25, -0.2) is 4.83 Å². The van der Waals surface area contributed by atoms with E-state index in [9.17, 15) is 8.42 Å². The first-order valence-electron chi connectivity index (χ1n) is 5.82. The molecule has 21 heavy (non-hydrogen) atoms. The number of hydrogen-bond acceptors (Lipinski definition) is 4. The van der Waals surface area contributed by atoms with Crippen LogP contribution in [0.4, 0.5) is 0 Å². The first-order chi connectivity index (χ1) is 10.0. The van der Waals surface area contributed by atoms with E-state index in [4.69, 9.17) is 5.26 Å². The third-order valence-corrected chi connectivity index (χ3v) is 4.32. The lowest BCUT2D eigenvalue weighted by atomic mass is 10.2. The van der Waals surface area contributed by atoms with E-state index in [2.05, 4.69) is 25.9 Å². The van der Waals surface area contributed by atoms with E-state index >= 15 is 0 Å². The van der Waals surface area contributed by atoms with Crippen LogP contribution in [-0.2, 0) is 10.0 Å². The van der Waals surface area contributed by atoms with Gasteiger partial charge in [0.2, 0.25) is 0 Å². The minimum absolute atomic E-state index is 0.127. The predicted octanol–water partition coefficient (Wildman–Crippen LogP) is 2.63. The van der Waals surface area contributed by atoms with Gasteiger partial charge in [-0.15, -0.1) is 0 Å². The summed E-state index contributed by atoms with van der Waals surface area (Å²) < 4.78 is 24.7. The van der Waals surface area contributed by atoms with Crippen LogP contribution in [0.3, 0.4) is 0 Å². The van der Waals surface area contributed by atoms with Crippen molar-refractivity contribution in [3.05, 3.63) is 64.1 Å². The molecule has 0 aliphatic rings. The highest BCUT2D eigenvalue weighted by Gasteiger charge is 2.11. The Labute approximate surface area is 131 Å². The summed E-state index contributed by atoms with van der Waals surface area (Å²) in [5, 5.41) is 12.4. The zero-order valence-electron chi connectivity index (χ0n) is 10.7. The number of sulfonamides is 1. The van der Waals surface area contributed by atoms with Crippen molar-refractivity contribution in [2.45, 2.75) is 4.90 Å². The van der Waals surface area contributed by atoms with Gasteiger partial charge < -0.3 is 0 Å². The molecule has 0 saturated heterocycles. The molecule has 0 aromatic heterocycles. The monoisotopic (exact) mass is 363 g/mol. The summed E-state index contributed by atoms with van der Waals surface area (Å²) in [5.74, 6) is 0. The Kier molecular flexibility index (Phi) is 4.73. The minimum atomic E-state index is -3.68. The maximum Gasteiger partial charge on any atom is 0.276 e. The number of halogens is 1. The third-order valence-electron chi connectivity index (χ3n) is 2.55. The molecule has 0 aliphatic heterocycles. The molecule has 0 saturated carbocycles. The van der Waals surface area contributed by atoms with Crippen molar-refractivity contribution < 1.29 is 8.42 Å². The first kappa shape index (κ1) is 15.2. The molecule has 0 heterocycles. The molecular weight excluding hydrogens is 354 g/mol. The lowest BCUT2D eigenvalue weighted by molar-refractivity contribution is 0.584. The summed E-state index contributed by atoms with van der Waals surface area (Å²) in [6.07, 6.45) is 1.37. The molecule has 2 aromatic carbocycles. The number of benzene rings is 2. The van der Waals surface area contributed by atoms with Crippen LogP contribution in [0, 0.1) is 11.3 Å². The molecule has 0 amide bonds. The third kappa shape index (κ3) is 4.15. The number of hydrogen-bond donors (Lipinski definition) is 1. The zero-order chi connectivity index (χ0) is 15.3. The average molecular weight is 364 g/mol. The molecule has 0 spiro atoms. The van der Waals surface area contributed by atoms with Gasteiger partial charge in [0.1, 0.15) is 0 Å². The summed E-state index contributed by atoms with van der Waals surface area (Å²) in [5.41, 5.74) is 1.22. The molecule has 2 aromatic rings. The van der Waals surface area contributed by atoms with Gasteiger partial charge in [0.15, 0.2) is 0 Å². The Morgan fingerprint density at radius 2 is 1.71 bits per heavy atom.